The van der Waals surface area contributed by atoms with E-state index in [1.54, 1.807) is 12.1 Å². The summed E-state index contributed by atoms with van der Waals surface area (Å²) in [6.45, 7) is 5.28. The molecule has 5 nitrogen and oxygen atoms in total. The van der Waals surface area contributed by atoms with Crippen molar-refractivity contribution in [3.05, 3.63) is 100 Å². The molecule has 5 rings (SSSR count). The lowest BCUT2D eigenvalue weighted by Gasteiger charge is -2.28. The van der Waals surface area contributed by atoms with Gasteiger partial charge in [-0.3, -0.25) is 14.7 Å². The molecule has 1 aliphatic heterocycles. The second kappa shape index (κ2) is 9.84. The van der Waals surface area contributed by atoms with Gasteiger partial charge in [-0.05, 0) is 54.8 Å². The molecule has 1 aliphatic rings. The van der Waals surface area contributed by atoms with Gasteiger partial charge in [-0.25, -0.2) is 0 Å². The standard InChI is InChI=1S/C28H27ClN4O/c1-19-16-27(23-8-4-5-9-26(23)31-19)32-22-10-11-25(29)24(17-22)28(34)30-13-15-33-14-12-20-6-2-3-7-21(20)18-33/h2-11,16-17H,12-15,18H2,1H3,(H,30,34)(H,31,32). The second-order valence-electron chi connectivity index (χ2n) is 8.70. The maximum absolute atomic E-state index is 12.9. The molecule has 1 amide bonds. The van der Waals surface area contributed by atoms with Crippen molar-refractivity contribution < 1.29 is 4.79 Å². The van der Waals surface area contributed by atoms with E-state index in [9.17, 15) is 4.79 Å². The van der Waals surface area contributed by atoms with E-state index >= 15 is 0 Å². The van der Waals surface area contributed by atoms with Gasteiger partial charge in [0.05, 0.1) is 16.1 Å². The fourth-order valence-corrected chi connectivity index (χ4v) is 4.71. The van der Waals surface area contributed by atoms with E-state index < -0.39 is 0 Å². The number of hydrogen-bond donors (Lipinski definition) is 2. The van der Waals surface area contributed by atoms with Crippen molar-refractivity contribution in [3.63, 3.8) is 0 Å². The van der Waals surface area contributed by atoms with Gasteiger partial charge in [-0.15, -0.1) is 0 Å². The number of para-hydroxylation sites is 1. The molecular formula is C28H27ClN4O. The molecule has 6 heteroatoms. The third kappa shape index (κ3) is 4.91. The smallest absolute Gasteiger partial charge is 0.252 e. The van der Waals surface area contributed by atoms with Crippen molar-refractivity contribution in [2.24, 2.45) is 0 Å². The van der Waals surface area contributed by atoms with Gasteiger partial charge in [0.25, 0.3) is 5.91 Å². The van der Waals surface area contributed by atoms with Gasteiger partial charge < -0.3 is 10.6 Å². The number of nitrogens with one attached hydrogen (secondary N) is 2. The zero-order valence-electron chi connectivity index (χ0n) is 19.1. The van der Waals surface area contributed by atoms with Crippen molar-refractivity contribution in [1.82, 2.24) is 15.2 Å². The molecule has 2 heterocycles. The first kappa shape index (κ1) is 22.4. The maximum Gasteiger partial charge on any atom is 0.252 e. The topological polar surface area (TPSA) is 57.3 Å². The predicted molar refractivity (Wildman–Crippen MR) is 139 cm³/mol. The third-order valence-electron chi connectivity index (χ3n) is 6.26. The second-order valence-corrected chi connectivity index (χ2v) is 9.11. The number of halogens is 1. The maximum atomic E-state index is 12.9. The normalized spacial score (nSPS) is 13.5. The van der Waals surface area contributed by atoms with Gasteiger partial charge in [0.1, 0.15) is 0 Å². The van der Waals surface area contributed by atoms with Crippen molar-refractivity contribution in [1.29, 1.82) is 0 Å². The minimum Gasteiger partial charge on any atom is -0.355 e. The Morgan fingerprint density at radius 2 is 1.82 bits per heavy atom. The molecule has 3 aromatic carbocycles. The predicted octanol–water partition coefficient (Wildman–Crippen LogP) is 5.73. The quantitative estimate of drug-likeness (QED) is 0.378. The van der Waals surface area contributed by atoms with Crippen LogP contribution in [0.1, 0.15) is 27.2 Å². The number of aromatic nitrogens is 1. The van der Waals surface area contributed by atoms with E-state index in [-0.39, 0.29) is 5.91 Å². The van der Waals surface area contributed by atoms with Crippen molar-refractivity contribution >= 4 is 39.8 Å². The van der Waals surface area contributed by atoms with Crippen LogP contribution in [0, 0.1) is 6.92 Å². The highest BCUT2D eigenvalue weighted by Gasteiger charge is 2.16. The van der Waals surface area contributed by atoms with Crippen LogP contribution >= 0.6 is 11.6 Å². The van der Waals surface area contributed by atoms with Gasteiger partial charge >= 0.3 is 0 Å². The Morgan fingerprint density at radius 1 is 1.03 bits per heavy atom. The zero-order chi connectivity index (χ0) is 23.5. The third-order valence-corrected chi connectivity index (χ3v) is 6.59. The zero-order valence-corrected chi connectivity index (χ0v) is 19.9. The fraction of sp³-hybridized carbons (Fsp3) is 0.214. The molecule has 4 aromatic rings. The number of pyridine rings is 1. The van der Waals surface area contributed by atoms with E-state index in [1.165, 1.54) is 11.1 Å². The van der Waals surface area contributed by atoms with Gasteiger partial charge in [0.2, 0.25) is 0 Å². The Kier molecular flexibility index (Phi) is 6.48. The molecule has 0 aliphatic carbocycles. The van der Waals surface area contributed by atoms with Gasteiger partial charge in [-0.1, -0.05) is 54.1 Å². The van der Waals surface area contributed by atoms with Crippen LogP contribution in [0.15, 0.2) is 72.8 Å². The van der Waals surface area contributed by atoms with Crippen LogP contribution in [0.5, 0.6) is 0 Å². The van der Waals surface area contributed by atoms with Gasteiger partial charge in [0.15, 0.2) is 0 Å². The number of benzene rings is 3. The highest BCUT2D eigenvalue weighted by molar-refractivity contribution is 6.34. The Morgan fingerprint density at radius 3 is 2.71 bits per heavy atom. The number of anilines is 2. The molecule has 0 unspecified atom stereocenters. The molecule has 0 saturated carbocycles. The van der Waals surface area contributed by atoms with Crippen LogP contribution in [0.25, 0.3) is 10.9 Å². The number of carbonyl (C=O) groups excluding carboxylic acids is 1. The summed E-state index contributed by atoms with van der Waals surface area (Å²) in [6, 6.07) is 24.0. The summed E-state index contributed by atoms with van der Waals surface area (Å²) in [5.74, 6) is -0.165. The molecule has 0 spiro atoms. The number of nitrogens with zero attached hydrogens (tertiary/aromatic N) is 2. The summed E-state index contributed by atoms with van der Waals surface area (Å²) in [6.07, 6.45) is 1.05. The van der Waals surface area contributed by atoms with Crippen LogP contribution in [0.2, 0.25) is 5.02 Å². The summed E-state index contributed by atoms with van der Waals surface area (Å²) in [4.78, 5) is 19.9. The first-order valence-electron chi connectivity index (χ1n) is 11.6. The number of amides is 1. The van der Waals surface area contributed by atoms with Gasteiger partial charge in [0, 0.05) is 48.6 Å². The molecule has 0 radical (unpaired) electrons. The molecule has 0 saturated heterocycles. The van der Waals surface area contributed by atoms with E-state index in [2.05, 4.69) is 44.8 Å². The van der Waals surface area contributed by atoms with E-state index in [0.29, 0.717) is 17.1 Å². The molecule has 0 fully saturated rings. The molecule has 0 atom stereocenters. The van der Waals surface area contributed by atoms with Crippen LogP contribution in [0.3, 0.4) is 0 Å². The van der Waals surface area contributed by atoms with E-state index in [4.69, 9.17) is 11.6 Å². The Balaban J connectivity index is 1.25. The lowest BCUT2D eigenvalue weighted by molar-refractivity contribution is 0.0947. The van der Waals surface area contributed by atoms with Crippen LogP contribution in [-0.2, 0) is 13.0 Å². The summed E-state index contributed by atoms with van der Waals surface area (Å²) < 4.78 is 0. The molecule has 1 aromatic heterocycles. The van der Waals surface area contributed by atoms with Crippen LogP contribution in [0.4, 0.5) is 11.4 Å². The highest BCUT2D eigenvalue weighted by Crippen LogP contribution is 2.28. The van der Waals surface area contributed by atoms with Crippen LogP contribution in [-0.4, -0.2) is 35.4 Å². The molecule has 0 bridgehead atoms. The first-order chi connectivity index (χ1) is 16.6. The number of carbonyl (C=O) groups is 1. The number of hydrogen-bond acceptors (Lipinski definition) is 4. The lowest BCUT2D eigenvalue weighted by atomic mass is 10.00. The summed E-state index contributed by atoms with van der Waals surface area (Å²) in [5, 5.41) is 7.94. The molecule has 172 valence electrons. The minimum absolute atomic E-state index is 0.165. The van der Waals surface area contributed by atoms with Crippen molar-refractivity contribution in [2.45, 2.75) is 19.9 Å². The fourth-order valence-electron chi connectivity index (χ4n) is 4.51. The lowest BCUT2D eigenvalue weighted by Crippen LogP contribution is -2.37. The number of aryl methyl sites for hydroxylation is 1. The largest absolute Gasteiger partial charge is 0.355 e. The highest BCUT2D eigenvalue weighted by atomic mass is 35.5. The van der Waals surface area contributed by atoms with Gasteiger partial charge in [-0.2, -0.15) is 0 Å². The molecule has 2 N–H and O–H groups in total. The van der Waals surface area contributed by atoms with Crippen molar-refractivity contribution in [2.75, 3.05) is 25.0 Å². The Hall–Kier alpha value is -3.41. The average molecular weight is 471 g/mol. The Bertz CT molecular complexity index is 1350. The number of rotatable bonds is 6. The summed E-state index contributed by atoms with van der Waals surface area (Å²) in [7, 11) is 0. The van der Waals surface area contributed by atoms with E-state index in [1.807, 2.05) is 43.3 Å². The first-order valence-corrected chi connectivity index (χ1v) is 11.9. The van der Waals surface area contributed by atoms with E-state index in [0.717, 1.165) is 54.0 Å². The van der Waals surface area contributed by atoms with Crippen LogP contribution < -0.4 is 10.6 Å². The average Bonchev–Trinajstić information content (AvgIpc) is 2.85. The van der Waals surface area contributed by atoms with Crippen molar-refractivity contribution in [3.8, 4) is 0 Å². The Labute approximate surface area is 204 Å². The molecular weight excluding hydrogens is 444 g/mol. The monoisotopic (exact) mass is 470 g/mol. The SMILES string of the molecule is Cc1cc(Nc2ccc(Cl)c(C(=O)NCCN3CCc4ccccc4C3)c2)c2ccccc2n1. The number of fused-ring (bicyclic) bond motifs is 2. The minimum atomic E-state index is -0.165. The summed E-state index contributed by atoms with van der Waals surface area (Å²) >= 11 is 6.39. The molecule has 34 heavy (non-hydrogen) atoms. The summed E-state index contributed by atoms with van der Waals surface area (Å²) in [5.41, 5.74) is 6.87.